The topological polar surface area (TPSA) is 58.2 Å². The van der Waals surface area contributed by atoms with E-state index >= 15 is 0 Å². The van der Waals surface area contributed by atoms with Gasteiger partial charge in [0.15, 0.2) is 0 Å². The molecule has 1 aromatic rings. The summed E-state index contributed by atoms with van der Waals surface area (Å²) >= 11 is 3.41. The van der Waals surface area contributed by atoms with Crippen LogP contribution < -0.4 is 10.6 Å². The van der Waals surface area contributed by atoms with Gasteiger partial charge in [0.2, 0.25) is 11.8 Å². The summed E-state index contributed by atoms with van der Waals surface area (Å²) in [5.41, 5.74) is 0.871. The van der Waals surface area contributed by atoms with Gasteiger partial charge in [-0.1, -0.05) is 12.1 Å². The smallest absolute Gasteiger partial charge is 0.240 e. The molecule has 0 unspecified atom stereocenters. The molecule has 1 fully saturated rings. The van der Waals surface area contributed by atoms with Crippen molar-refractivity contribution in [2.24, 2.45) is 5.41 Å². The predicted octanol–water partition coefficient (Wildman–Crippen LogP) is 2.78. The number of nitrogens with one attached hydrogen (secondary N) is 2. The number of carbonyl (C=O) groups excluding carboxylic acids is 2. The van der Waals surface area contributed by atoms with Gasteiger partial charge in [0.25, 0.3) is 0 Å². The summed E-state index contributed by atoms with van der Waals surface area (Å²) < 4.78 is 0.813. The van der Waals surface area contributed by atoms with E-state index in [0.29, 0.717) is 25.1 Å². The maximum absolute atomic E-state index is 12.3. The van der Waals surface area contributed by atoms with Gasteiger partial charge in [0.05, 0.1) is 5.69 Å². The molecule has 2 rings (SSSR count). The molecule has 1 aliphatic rings. The molecule has 0 aromatic heterocycles. The first-order valence-electron chi connectivity index (χ1n) is 6.46. The van der Waals surface area contributed by atoms with Gasteiger partial charge in [-0.25, -0.2) is 0 Å². The molecule has 1 saturated carbocycles. The molecule has 0 aliphatic heterocycles. The Hall–Kier alpha value is -1.62. The van der Waals surface area contributed by atoms with Gasteiger partial charge in [-0.15, -0.1) is 6.58 Å². The first-order valence-corrected chi connectivity index (χ1v) is 7.26. The Kier molecular flexibility index (Phi) is 4.28. The van der Waals surface area contributed by atoms with Crippen molar-refractivity contribution in [1.29, 1.82) is 0 Å². The molecule has 0 atom stereocenters. The molecule has 20 heavy (non-hydrogen) atoms. The third-order valence-electron chi connectivity index (χ3n) is 3.40. The van der Waals surface area contributed by atoms with Crippen molar-refractivity contribution >= 4 is 33.4 Å². The maximum atomic E-state index is 12.3. The van der Waals surface area contributed by atoms with Crippen molar-refractivity contribution in [2.45, 2.75) is 19.8 Å². The summed E-state index contributed by atoms with van der Waals surface area (Å²) in [6, 6.07) is 5.67. The quantitative estimate of drug-likeness (QED) is 0.641. The molecular formula is C15H17BrN2O2. The number of rotatable bonds is 5. The minimum Gasteiger partial charge on any atom is -0.352 e. The zero-order valence-corrected chi connectivity index (χ0v) is 12.9. The number of benzene rings is 1. The summed E-state index contributed by atoms with van der Waals surface area (Å²) in [6.45, 7) is 5.90. The Morgan fingerprint density at radius 1 is 1.40 bits per heavy atom. The first kappa shape index (κ1) is 14.8. The Bertz CT molecular complexity index is 565. The fourth-order valence-corrected chi connectivity index (χ4v) is 2.57. The highest BCUT2D eigenvalue weighted by Gasteiger charge is 2.56. The zero-order chi connectivity index (χ0) is 14.8. The summed E-state index contributed by atoms with van der Waals surface area (Å²) in [6.07, 6.45) is 2.78. The van der Waals surface area contributed by atoms with Crippen LogP contribution in [0.5, 0.6) is 0 Å². The van der Waals surface area contributed by atoms with Gasteiger partial charge < -0.3 is 10.6 Å². The van der Waals surface area contributed by atoms with Gasteiger partial charge in [0.1, 0.15) is 5.41 Å². The van der Waals surface area contributed by atoms with Crippen LogP contribution in [-0.4, -0.2) is 18.4 Å². The SMILES string of the molecule is C=CCNC(=O)C1(C(=O)Nc2ccc(C)cc2Br)CC1. The maximum Gasteiger partial charge on any atom is 0.240 e. The number of anilines is 1. The Morgan fingerprint density at radius 3 is 2.65 bits per heavy atom. The monoisotopic (exact) mass is 336 g/mol. The van der Waals surface area contributed by atoms with Crippen LogP contribution in [0, 0.1) is 12.3 Å². The number of halogens is 1. The van der Waals surface area contributed by atoms with Crippen LogP contribution in [0.15, 0.2) is 35.3 Å². The fraction of sp³-hybridized carbons (Fsp3) is 0.333. The highest BCUT2D eigenvalue weighted by molar-refractivity contribution is 9.10. The van der Waals surface area contributed by atoms with Gasteiger partial charge >= 0.3 is 0 Å². The van der Waals surface area contributed by atoms with E-state index in [-0.39, 0.29) is 11.8 Å². The lowest BCUT2D eigenvalue weighted by Crippen LogP contribution is -2.40. The van der Waals surface area contributed by atoms with Crippen LogP contribution in [-0.2, 0) is 9.59 Å². The largest absolute Gasteiger partial charge is 0.352 e. The third-order valence-corrected chi connectivity index (χ3v) is 4.06. The fourth-order valence-electron chi connectivity index (χ4n) is 1.98. The van der Waals surface area contributed by atoms with Crippen LogP contribution in [0.25, 0.3) is 0 Å². The molecule has 106 valence electrons. The van der Waals surface area contributed by atoms with E-state index in [0.717, 1.165) is 10.0 Å². The Balaban J connectivity index is 2.08. The first-order chi connectivity index (χ1) is 9.49. The molecule has 4 nitrogen and oxygen atoms in total. The van der Waals surface area contributed by atoms with E-state index in [4.69, 9.17) is 0 Å². The molecule has 0 radical (unpaired) electrons. The number of carbonyl (C=O) groups is 2. The van der Waals surface area contributed by atoms with E-state index in [1.54, 1.807) is 6.08 Å². The average Bonchev–Trinajstić information content (AvgIpc) is 3.20. The van der Waals surface area contributed by atoms with Gasteiger partial charge in [0, 0.05) is 11.0 Å². The van der Waals surface area contributed by atoms with Crippen molar-refractivity contribution in [3.8, 4) is 0 Å². The van der Waals surface area contributed by atoms with Crippen LogP contribution in [0.2, 0.25) is 0 Å². The Labute approximate surface area is 126 Å². The van der Waals surface area contributed by atoms with E-state index < -0.39 is 5.41 Å². The second-order valence-electron chi connectivity index (χ2n) is 5.02. The molecule has 0 bridgehead atoms. The molecule has 5 heteroatoms. The normalized spacial score (nSPS) is 15.3. The molecule has 2 N–H and O–H groups in total. The van der Waals surface area contributed by atoms with Crippen LogP contribution in [0.1, 0.15) is 18.4 Å². The molecule has 2 amide bonds. The van der Waals surface area contributed by atoms with Crippen LogP contribution in [0.4, 0.5) is 5.69 Å². The number of hydrogen-bond acceptors (Lipinski definition) is 2. The van der Waals surface area contributed by atoms with Crippen molar-refractivity contribution in [2.75, 3.05) is 11.9 Å². The standard InChI is InChI=1S/C15H17BrN2O2/c1-3-8-17-13(19)15(6-7-15)14(20)18-12-5-4-10(2)9-11(12)16/h3-5,9H,1,6-8H2,2H3,(H,17,19)(H,18,20). The van der Waals surface area contributed by atoms with Crippen molar-refractivity contribution < 1.29 is 9.59 Å². The minimum atomic E-state index is -0.909. The molecule has 0 saturated heterocycles. The summed E-state index contributed by atoms with van der Waals surface area (Å²) in [5, 5.41) is 5.52. The average molecular weight is 337 g/mol. The highest BCUT2D eigenvalue weighted by Crippen LogP contribution is 2.47. The van der Waals surface area contributed by atoms with Gasteiger partial charge in [-0.3, -0.25) is 9.59 Å². The lowest BCUT2D eigenvalue weighted by molar-refractivity contribution is -0.134. The van der Waals surface area contributed by atoms with Gasteiger partial charge in [-0.05, 0) is 53.4 Å². The number of hydrogen-bond donors (Lipinski definition) is 2. The third kappa shape index (κ3) is 2.93. The second-order valence-corrected chi connectivity index (χ2v) is 5.87. The minimum absolute atomic E-state index is 0.224. The van der Waals surface area contributed by atoms with Crippen LogP contribution >= 0.6 is 15.9 Å². The highest BCUT2D eigenvalue weighted by atomic mass is 79.9. The van der Waals surface area contributed by atoms with Crippen molar-refractivity contribution in [3.05, 3.63) is 40.9 Å². The lowest BCUT2D eigenvalue weighted by Gasteiger charge is -2.15. The van der Waals surface area contributed by atoms with E-state index in [9.17, 15) is 9.59 Å². The molecular weight excluding hydrogens is 320 g/mol. The summed E-state index contributed by atoms with van der Waals surface area (Å²) in [4.78, 5) is 24.3. The van der Waals surface area contributed by atoms with Gasteiger partial charge in [-0.2, -0.15) is 0 Å². The van der Waals surface area contributed by atoms with Crippen LogP contribution in [0.3, 0.4) is 0 Å². The summed E-state index contributed by atoms with van der Waals surface area (Å²) in [5.74, 6) is -0.471. The molecule has 0 heterocycles. The van der Waals surface area contributed by atoms with Crippen molar-refractivity contribution in [1.82, 2.24) is 5.32 Å². The molecule has 1 aliphatic carbocycles. The predicted molar refractivity (Wildman–Crippen MR) is 82.4 cm³/mol. The zero-order valence-electron chi connectivity index (χ0n) is 11.3. The van der Waals surface area contributed by atoms with E-state index in [1.807, 2.05) is 25.1 Å². The Morgan fingerprint density at radius 2 is 2.10 bits per heavy atom. The number of amides is 2. The molecule has 1 aromatic carbocycles. The number of aryl methyl sites for hydroxylation is 1. The van der Waals surface area contributed by atoms with E-state index in [2.05, 4.69) is 33.1 Å². The summed E-state index contributed by atoms with van der Waals surface area (Å²) in [7, 11) is 0. The van der Waals surface area contributed by atoms with Crippen molar-refractivity contribution in [3.63, 3.8) is 0 Å². The molecule has 0 spiro atoms. The lowest BCUT2D eigenvalue weighted by atomic mass is 10.0. The second kappa shape index (κ2) is 5.79. The van der Waals surface area contributed by atoms with E-state index in [1.165, 1.54) is 0 Å².